The fraction of sp³-hybridized carbons (Fsp3) is 0.632. The first-order valence-electron chi connectivity index (χ1n) is 9.08. The Labute approximate surface area is 151 Å². The number of thioether (sulfide) groups is 1. The van der Waals surface area contributed by atoms with Gasteiger partial charge in [0.15, 0.2) is 5.96 Å². The molecule has 1 aliphatic rings. The van der Waals surface area contributed by atoms with Crippen LogP contribution in [-0.2, 0) is 0 Å². The zero-order valence-corrected chi connectivity index (χ0v) is 16.1. The van der Waals surface area contributed by atoms with Gasteiger partial charge in [0.05, 0.1) is 12.6 Å². The number of hydrogen-bond donors (Lipinski definition) is 2. The van der Waals surface area contributed by atoms with Crippen molar-refractivity contribution < 1.29 is 0 Å². The van der Waals surface area contributed by atoms with E-state index in [2.05, 4.69) is 66.0 Å². The summed E-state index contributed by atoms with van der Waals surface area (Å²) in [6.07, 6.45) is 4.75. The molecule has 0 aromatic heterocycles. The Morgan fingerprint density at radius 2 is 1.92 bits per heavy atom. The highest BCUT2D eigenvalue weighted by atomic mass is 32.2. The molecule has 2 unspecified atom stereocenters. The lowest BCUT2D eigenvalue weighted by atomic mass is 10.1. The average molecular weight is 349 g/mol. The quantitative estimate of drug-likeness (QED) is 0.559. The van der Waals surface area contributed by atoms with E-state index < -0.39 is 0 Å². The van der Waals surface area contributed by atoms with Crippen LogP contribution in [0, 0.1) is 0 Å². The molecule has 1 aromatic carbocycles. The summed E-state index contributed by atoms with van der Waals surface area (Å²) < 4.78 is 0. The third-order valence-corrected chi connectivity index (χ3v) is 5.44. The smallest absolute Gasteiger partial charge is 0.191 e. The molecule has 1 saturated heterocycles. The van der Waals surface area contributed by atoms with Gasteiger partial charge < -0.3 is 10.6 Å². The molecule has 0 saturated carbocycles. The monoisotopic (exact) mass is 348 g/mol. The van der Waals surface area contributed by atoms with Crippen LogP contribution in [0.1, 0.15) is 38.3 Å². The summed E-state index contributed by atoms with van der Waals surface area (Å²) >= 11 is 1.86. The maximum absolute atomic E-state index is 4.73. The Kier molecular flexibility index (Phi) is 8.47. The second kappa shape index (κ2) is 10.6. The van der Waals surface area contributed by atoms with Crippen LogP contribution in [0.3, 0.4) is 0 Å². The molecule has 1 fully saturated rings. The van der Waals surface area contributed by atoms with Crippen LogP contribution in [0.5, 0.6) is 0 Å². The highest BCUT2D eigenvalue weighted by Gasteiger charge is 2.23. The molecule has 1 aromatic rings. The largest absolute Gasteiger partial charge is 0.357 e. The van der Waals surface area contributed by atoms with Gasteiger partial charge in [-0.3, -0.25) is 9.89 Å². The number of nitrogens with one attached hydrogen (secondary N) is 2. The lowest BCUT2D eigenvalue weighted by Gasteiger charge is -2.29. The van der Waals surface area contributed by atoms with Crippen LogP contribution < -0.4 is 10.6 Å². The first-order chi connectivity index (χ1) is 11.7. The number of aliphatic imine (C=N–C) groups is 1. The predicted molar refractivity (Wildman–Crippen MR) is 107 cm³/mol. The van der Waals surface area contributed by atoms with E-state index in [1.165, 1.54) is 31.5 Å². The van der Waals surface area contributed by atoms with Gasteiger partial charge in [-0.15, -0.1) is 0 Å². The second-order valence-corrected chi connectivity index (χ2v) is 7.59. The molecule has 2 atom stereocenters. The van der Waals surface area contributed by atoms with Crippen molar-refractivity contribution in [1.82, 2.24) is 15.5 Å². The summed E-state index contributed by atoms with van der Waals surface area (Å²) in [5, 5.41) is 7.48. The Hall–Kier alpha value is -1.20. The first-order valence-corrected chi connectivity index (χ1v) is 10.4. The van der Waals surface area contributed by atoms with Crippen molar-refractivity contribution in [2.45, 2.75) is 38.0 Å². The fourth-order valence-corrected chi connectivity index (χ4v) is 3.24. The normalized spacial score (nSPS) is 18.4. The summed E-state index contributed by atoms with van der Waals surface area (Å²) in [4.78, 5) is 7.33. The van der Waals surface area contributed by atoms with Crippen molar-refractivity contribution in [2.75, 3.05) is 39.0 Å². The van der Waals surface area contributed by atoms with Gasteiger partial charge in [0.1, 0.15) is 0 Å². The molecule has 0 spiro atoms. The average Bonchev–Trinajstić information content (AvgIpc) is 3.14. The Balaban J connectivity index is 2.01. The number of nitrogens with zero attached hydrogens (tertiary/aromatic N) is 2. The standard InChI is InChI=1S/C19H32N4S/c1-4-20-19(21-14-16(2)24-3)22-15-18(23-12-8-9-13-23)17-10-6-5-7-11-17/h5-7,10-11,16,18H,4,8-9,12-15H2,1-3H3,(H2,20,21,22). The van der Waals surface area contributed by atoms with Crippen molar-refractivity contribution in [3.8, 4) is 0 Å². The van der Waals surface area contributed by atoms with Crippen molar-refractivity contribution in [3.05, 3.63) is 35.9 Å². The van der Waals surface area contributed by atoms with Crippen LogP contribution in [0.4, 0.5) is 0 Å². The van der Waals surface area contributed by atoms with Crippen molar-refractivity contribution in [3.63, 3.8) is 0 Å². The summed E-state index contributed by atoms with van der Waals surface area (Å²) in [7, 11) is 0. The van der Waals surface area contributed by atoms with Crippen LogP contribution in [-0.4, -0.2) is 55.1 Å². The van der Waals surface area contributed by atoms with Crippen molar-refractivity contribution in [1.29, 1.82) is 0 Å². The summed E-state index contributed by atoms with van der Waals surface area (Å²) in [6, 6.07) is 11.3. The number of likely N-dealkylation sites (tertiary alicyclic amines) is 1. The van der Waals surface area contributed by atoms with E-state index in [-0.39, 0.29) is 0 Å². The van der Waals surface area contributed by atoms with E-state index in [1.54, 1.807) is 0 Å². The Morgan fingerprint density at radius 1 is 1.21 bits per heavy atom. The lowest BCUT2D eigenvalue weighted by Crippen LogP contribution is -2.43. The van der Waals surface area contributed by atoms with Gasteiger partial charge in [-0.1, -0.05) is 37.3 Å². The SMILES string of the molecule is CCNC(=NCC(C)SC)NCC(c1ccccc1)N1CCCC1. The minimum absolute atomic E-state index is 0.413. The summed E-state index contributed by atoms with van der Waals surface area (Å²) in [6.45, 7) is 9.34. The fourth-order valence-electron chi connectivity index (χ4n) is 3.02. The molecular weight excluding hydrogens is 316 g/mol. The maximum Gasteiger partial charge on any atom is 0.191 e. The molecule has 0 aliphatic carbocycles. The molecule has 1 aliphatic heterocycles. The van der Waals surface area contributed by atoms with E-state index in [1.807, 2.05) is 11.8 Å². The van der Waals surface area contributed by atoms with E-state index in [4.69, 9.17) is 4.99 Å². The van der Waals surface area contributed by atoms with Gasteiger partial charge in [0.25, 0.3) is 0 Å². The first kappa shape index (κ1) is 19.1. The molecule has 1 heterocycles. The third-order valence-electron chi connectivity index (χ3n) is 4.48. The molecule has 2 rings (SSSR count). The van der Waals surface area contributed by atoms with E-state index in [0.29, 0.717) is 11.3 Å². The van der Waals surface area contributed by atoms with Crippen molar-refractivity contribution >= 4 is 17.7 Å². The molecule has 5 heteroatoms. The van der Waals surface area contributed by atoms with Crippen LogP contribution in [0.2, 0.25) is 0 Å². The second-order valence-electron chi connectivity index (χ2n) is 6.32. The Morgan fingerprint density at radius 3 is 2.54 bits per heavy atom. The van der Waals surface area contributed by atoms with Gasteiger partial charge in [0.2, 0.25) is 0 Å². The highest BCUT2D eigenvalue weighted by molar-refractivity contribution is 7.99. The molecular formula is C19H32N4S. The van der Waals surface area contributed by atoms with E-state index in [0.717, 1.165) is 25.6 Å². The van der Waals surface area contributed by atoms with Crippen LogP contribution in [0.25, 0.3) is 0 Å². The van der Waals surface area contributed by atoms with Crippen LogP contribution >= 0.6 is 11.8 Å². The number of guanidine groups is 1. The molecule has 0 bridgehead atoms. The topological polar surface area (TPSA) is 39.7 Å². The number of hydrogen-bond acceptors (Lipinski definition) is 3. The molecule has 0 amide bonds. The lowest BCUT2D eigenvalue weighted by molar-refractivity contribution is 0.245. The van der Waals surface area contributed by atoms with Gasteiger partial charge in [-0.05, 0) is 44.7 Å². The molecule has 4 nitrogen and oxygen atoms in total. The Bertz CT molecular complexity index is 485. The summed E-state index contributed by atoms with van der Waals surface area (Å²) in [5.41, 5.74) is 1.39. The predicted octanol–water partition coefficient (Wildman–Crippen LogP) is 3.13. The van der Waals surface area contributed by atoms with Gasteiger partial charge in [-0.25, -0.2) is 0 Å². The minimum Gasteiger partial charge on any atom is -0.357 e. The van der Waals surface area contributed by atoms with Gasteiger partial charge in [0, 0.05) is 18.3 Å². The summed E-state index contributed by atoms with van der Waals surface area (Å²) in [5.74, 6) is 0.929. The third kappa shape index (κ3) is 6.02. The number of benzene rings is 1. The number of rotatable bonds is 8. The molecule has 0 radical (unpaired) electrons. The zero-order valence-electron chi connectivity index (χ0n) is 15.3. The highest BCUT2D eigenvalue weighted by Crippen LogP contribution is 2.24. The van der Waals surface area contributed by atoms with Crippen molar-refractivity contribution in [2.24, 2.45) is 4.99 Å². The van der Waals surface area contributed by atoms with E-state index >= 15 is 0 Å². The molecule has 24 heavy (non-hydrogen) atoms. The molecule has 134 valence electrons. The minimum atomic E-state index is 0.413. The molecule has 2 N–H and O–H groups in total. The van der Waals surface area contributed by atoms with Gasteiger partial charge >= 0.3 is 0 Å². The van der Waals surface area contributed by atoms with Crippen LogP contribution in [0.15, 0.2) is 35.3 Å². The van der Waals surface area contributed by atoms with Gasteiger partial charge in [-0.2, -0.15) is 11.8 Å². The van der Waals surface area contributed by atoms with E-state index in [9.17, 15) is 0 Å². The zero-order chi connectivity index (χ0) is 17.2. The maximum atomic E-state index is 4.73.